The molecule has 4 heteroatoms. The molecular formula is C14H12BrNOS. The number of para-hydroxylation sites is 1. The van der Waals surface area contributed by atoms with E-state index in [4.69, 9.17) is 22.7 Å². The minimum absolute atomic E-state index is 0.328. The summed E-state index contributed by atoms with van der Waals surface area (Å²) in [6, 6.07) is 13.4. The molecule has 0 saturated heterocycles. The molecule has 0 bridgehead atoms. The quantitative estimate of drug-likeness (QED) is 0.861. The van der Waals surface area contributed by atoms with Crippen molar-refractivity contribution in [2.45, 2.75) is 6.92 Å². The summed E-state index contributed by atoms with van der Waals surface area (Å²) in [4.78, 5) is 0.328. The Morgan fingerprint density at radius 1 is 1.17 bits per heavy atom. The molecule has 2 aromatic rings. The van der Waals surface area contributed by atoms with Gasteiger partial charge in [0.2, 0.25) is 0 Å². The van der Waals surface area contributed by atoms with Crippen LogP contribution in [0.25, 0.3) is 0 Å². The van der Waals surface area contributed by atoms with Crippen LogP contribution in [0.2, 0.25) is 0 Å². The lowest BCUT2D eigenvalue weighted by Crippen LogP contribution is -2.10. The third-order valence-corrected chi connectivity index (χ3v) is 3.30. The van der Waals surface area contributed by atoms with Crippen molar-refractivity contribution >= 4 is 33.1 Å². The van der Waals surface area contributed by atoms with E-state index in [1.54, 1.807) is 0 Å². The minimum atomic E-state index is 0.328. The second-order valence-corrected chi connectivity index (χ2v) is 5.19. The lowest BCUT2D eigenvalue weighted by molar-refractivity contribution is 0.478. The number of thiocarbonyl (C=S) groups is 1. The van der Waals surface area contributed by atoms with Gasteiger partial charge in [0.05, 0.1) is 10.0 Å². The maximum absolute atomic E-state index is 5.84. The molecule has 0 aliphatic carbocycles. The van der Waals surface area contributed by atoms with Crippen molar-refractivity contribution in [2.75, 3.05) is 0 Å². The molecule has 2 rings (SSSR count). The van der Waals surface area contributed by atoms with Crippen LogP contribution in [0, 0.1) is 6.92 Å². The average Bonchev–Trinajstić information content (AvgIpc) is 2.33. The van der Waals surface area contributed by atoms with Crippen LogP contribution in [0.15, 0.2) is 46.9 Å². The molecule has 0 fully saturated rings. The zero-order valence-corrected chi connectivity index (χ0v) is 12.2. The molecule has 2 nitrogen and oxygen atoms in total. The summed E-state index contributed by atoms with van der Waals surface area (Å²) in [6.45, 7) is 2.03. The molecule has 0 aliphatic heterocycles. The van der Waals surface area contributed by atoms with Gasteiger partial charge >= 0.3 is 0 Å². The van der Waals surface area contributed by atoms with E-state index in [0.717, 1.165) is 21.3 Å². The van der Waals surface area contributed by atoms with Gasteiger partial charge in [-0.2, -0.15) is 0 Å². The lowest BCUT2D eigenvalue weighted by Gasteiger charge is -2.11. The van der Waals surface area contributed by atoms with Gasteiger partial charge in [-0.25, -0.2) is 0 Å². The van der Waals surface area contributed by atoms with Crippen LogP contribution in [0.1, 0.15) is 11.1 Å². The molecule has 0 unspecified atom stereocenters. The van der Waals surface area contributed by atoms with Crippen molar-refractivity contribution in [3.63, 3.8) is 0 Å². The summed E-state index contributed by atoms with van der Waals surface area (Å²) in [5, 5.41) is 0. The van der Waals surface area contributed by atoms with Gasteiger partial charge < -0.3 is 10.5 Å². The zero-order chi connectivity index (χ0) is 13.1. The Balaban J connectivity index is 2.37. The molecule has 0 spiro atoms. The average molecular weight is 322 g/mol. The van der Waals surface area contributed by atoms with Crippen LogP contribution in [0.4, 0.5) is 0 Å². The Kier molecular flexibility index (Phi) is 3.99. The Morgan fingerprint density at radius 3 is 2.56 bits per heavy atom. The van der Waals surface area contributed by atoms with Crippen molar-refractivity contribution in [3.05, 3.63) is 58.1 Å². The molecule has 0 radical (unpaired) electrons. The molecule has 0 aliphatic rings. The highest BCUT2D eigenvalue weighted by molar-refractivity contribution is 9.10. The van der Waals surface area contributed by atoms with Crippen LogP contribution in [-0.2, 0) is 0 Å². The van der Waals surface area contributed by atoms with Crippen LogP contribution < -0.4 is 10.5 Å². The Morgan fingerprint density at radius 2 is 1.89 bits per heavy atom. The van der Waals surface area contributed by atoms with Gasteiger partial charge in [-0.3, -0.25) is 0 Å². The van der Waals surface area contributed by atoms with E-state index >= 15 is 0 Å². The number of halogens is 1. The number of rotatable bonds is 3. The third kappa shape index (κ3) is 2.89. The molecule has 0 heterocycles. The van der Waals surface area contributed by atoms with E-state index in [0.29, 0.717) is 10.7 Å². The predicted octanol–water partition coefficient (Wildman–Crippen LogP) is 4.18. The fourth-order valence-electron chi connectivity index (χ4n) is 1.57. The Bertz CT molecular complexity index is 598. The number of nitrogens with two attached hydrogens (primary N) is 1. The summed E-state index contributed by atoms with van der Waals surface area (Å²) in [5.41, 5.74) is 7.57. The molecule has 18 heavy (non-hydrogen) atoms. The van der Waals surface area contributed by atoms with E-state index < -0.39 is 0 Å². The third-order valence-electron chi connectivity index (χ3n) is 2.46. The first-order valence-corrected chi connectivity index (χ1v) is 6.61. The van der Waals surface area contributed by atoms with Crippen molar-refractivity contribution in [3.8, 4) is 11.5 Å². The lowest BCUT2D eigenvalue weighted by atomic mass is 10.2. The van der Waals surface area contributed by atoms with Gasteiger partial charge in [0.25, 0.3) is 0 Å². The molecule has 2 aromatic carbocycles. The maximum Gasteiger partial charge on any atom is 0.141 e. The van der Waals surface area contributed by atoms with Gasteiger partial charge in [0.15, 0.2) is 0 Å². The number of hydrogen-bond donors (Lipinski definition) is 1. The Hall–Kier alpha value is -1.39. The first-order chi connectivity index (χ1) is 8.58. The first-order valence-electron chi connectivity index (χ1n) is 5.41. The van der Waals surface area contributed by atoms with Crippen LogP contribution in [-0.4, -0.2) is 4.99 Å². The van der Waals surface area contributed by atoms with Gasteiger partial charge in [0, 0.05) is 0 Å². The Labute approximate surface area is 120 Å². The van der Waals surface area contributed by atoms with E-state index in [2.05, 4.69) is 15.9 Å². The van der Waals surface area contributed by atoms with Gasteiger partial charge in [-0.15, -0.1) is 0 Å². The number of ether oxygens (including phenoxy) is 1. The van der Waals surface area contributed by atoms with Crippen LogP contribution in [0.5, 0.6) is 11.5 Å². The molecule has 0 atom stereocenters. The van der Waals surface area contributed by atoms with Crippen LogP contribution >= 0.6 is 28.1 Å². The standard InChI is InChI=1S/C14H12BrNOS/c1-9-6-7-13(11(15)8-9)17-12-5-3-2-4-10(12)14(16)18/h2-8H,1H3,(H2,16,18). The first kappa shape index (κ1) is 13.1. The molecule has 2 N–H and O–H groups in total. The topological polar surface area (TPSA) is 35.2 Å². The van der Waals surface area contributed by atoms with E-state index in [1.165, 1.54) is 0 Å². The van der Waals surface area contributed by atoms with E-state index in [1.807, 2.05) is 49.4 Å². The summed E-state index contributed by atoms with van der Waals surface area (Å²) >= 11 is 8.48. The normalized spacial score (nSPS) is 10.1. The second-order valence-electron chi connectivity index (χ2n) is 3.90. The van der Waals surface area contributed by atoms with Crippen LogP contribution in [0.3, 0.4) is 0 Å². The number of hydrogen-bond acceptors (Lipinski definition) is 2. The highest BCUT2D eigenvalue weighted by Crippen LogP contribution is 2.31. The van der Waals surface area contributed by atoms with Gasteiger partial charge in [-0.05, 0) is 52.7 Å². The van der Waals surface area contributed by atoms with Crippen molar-refractivity contribution in [1.82, 2.24) is 0 Å². The fraction of sp³-hybridized carbons (Fsp3) is 0.0714. The highest BCUT2D eigenvalue weighted by Gasteiger charge is 2.08. The molecule has 0 saturated carbocycles. The number of aryl methyl sites for hydroxylation is 1. The van der Waals surface area contributed by atoms with Gasteiger partial charge in [-0.1, -0.05) is 30.4 Å². The van der Waals surface area contributed by atoms with Crippen molar-refractivity contribution in [2.24, 2.45) is 5.73 Å². The summed E-state index contributed by atoms with van der Waals surface area (Å²) in [6.07, 6.45) is 0. The highest BCUT2D eigenvalue weighted by atomic mass is 79.9. The van der Waals surface area contributed by atoms with Crippen molar-refractivity contribution < 1.29 is 4.74 Å². The zero-order valence-electron chi connectivity index (χ0n) is 9.81. The van der Waals surface area contributed by atoms with E-state index in [9.17, 15) is 0 Å². The second kappa shape index (κ2) is 5.50. The fourth-order valence-corrected chi connectivity index (χ4v) is 2.31. The molecular weight excluding hydrogens is 310 g/mol. The summed E-state index contributed by atoms with van der Waals surface area (Å²) < 4.78 is 6.75. The van der Waals surface area contributed by atoms with E-state index in [-0.39, 0.29) is 0 Å². The largest absolute Gasteiger partial charge is 0.455 e. The van der Waals surface area contributed by atoms with Gasteiger partial charge in [0.1, 0.15) is 16.5 Å². The SMILES string of the molecule is Cc1ccc(Oc2ccccc2C(N)=S)c(Br)c1. The number of benzene rings is 2. The van der Waals surface area contributed by atoms with Crippen molar-refractivity contribution in [1.29, 1.82) is 0 Å². The molecule has 0 amide bonds. The smallest absolute Gasteiger partial charge is 0.141 e. The minimum Gasteiger partial charge on any atom is -0.455 e. The molecule has 92 valence electrons. The summed E-state index contributed by atoms with van der Waals surface area (Å²) in [5.74, 6) is 1.40. The monoisotopic (exact) mass is 321 g/mol. The maximum atomic E-state index is 5.84. The predicted molar refractivity (Wildman–Crippen MR) is 81.3 cm³/mol. The molecule has 0 aromatic heterocycles. The summed E-state index contributed by atoms with van der Waals surface area (Å²) in [7, 11) is 0.